The Kier molecular flexibility index (Phi) is 7.69. The minimum absolute atomic E-state index is 0.364. The van der Waals surface area contributed by atoms with E-state index in [2.05, 4.69) is 13.3 Å². The molecule has 2 aliphatic rings. The molecule has 0 aromatic heterocycles. The molecule has 0 nitrogen and oxygen atoms in total. The molecule has 0 aliphatic heterocycles. The third-order valence-electron chi connectivity index (χ3n) is 5.42. The lowest BCUT2D eigenvalue weighted by Crippen LogP contribution is -2.13. The van der Waals surface area contributed by atoms with Crippen molar-refractivity contribution < 1.29 is 0 Å². The van der Waals surface area contributed by atoms with E-state index in [9.17, 15) is 0 Å². The molecule has 0 bridgehead atoms. The summed E-state index contributed by atoms with van der Waals surface area (Å²) in [5.74, 6) is 0. The third-order valence-corrected chi connectivity index (χ3v) is 11.0. The average Bonchev–Trinajstić information content (AvgIpc) is 2.49. The van der Waals surface area contributed by atoms with Crippen molar-refractivity contribution in [3.63, 3.8) is 0 Å². The fourth-order valence-electron chi connectivity index (χ4n) is 3.98. The van der Waals surface area contributed by atoms with Gasteiger partial charge in [-0.3, -0.25) is 0 Å². The fraction of sp³-hybridized carbons (Fsp3) is 1.00. The van der Waals surface area contributed by atoms with Crippen LogP contribution in [0.4, 0.5) is 0 Å². The maximum atomic E-state index is 2.60. The van der Waals surface area contributed by atoms with E-state index < -0.39 is 0 Å². The summed E-state index contributed by atoms with van der Waals surface area (Å²) in [4.78, 5) is 0. The Balaban J connectivity index is 1.59. The SMILES string of the molecule is CP(CCCP(C)C1CCCCC1)C1CCCCC1. The summed E-state index contributed by atoms with van der Waals surface area (Å²) in [5, 5.41) is 0. The second kappa shape index (κ2) is 9.00. The predicted octanol–water partition coefficient (Wildman–Crippen LogP) is 6.27. The molecule has 0 radical (unpaired) electrons. The summed E-state index contributed by atoms with van der Waals surface area (Å²) < 4.78 is 0. The van der Waals surface area contributed by atoms with Gasteiger partial charge in [-0.2, -0.15) is 0 Å². The molecule has 2 unspecified atom stereocenters. The average molecular weight is 300 g/mol. The van der Waals surface area contributed by atoms with Crippen LogP contribution in [0.3, 0.4) is 0 Å². The molecule has 19 heavy (non-hydrogen) atoms. The highest BCUT2D eigenvalue weighted by Gasteiger charge is 2.21. The van der Waals surface area contributed by atoms with E-state index >= 15 is 0 Å². The molecule has 0 spiro atoms. The van der Waals surface area contributed by atoms with Crippen molar-refractivity contribution in [2.75, 3.05) is 25.7 Å². The Morgan fingerprint density at radius 1 is 0.632 bits per heavy atom. The molecule has 112 valence electrons. The van der Waals surface area contributed by atoms with Crippen LogP contribution in [0.15, 0.2) is 0 Å². The molecule has 2 aliphatic carbocycles. The van der Waals surface area contributed by atoms with E-state index in [0.717, 1.165) is 11.3 Å². The second-order valence-corrected chi connectivity index (χ2v) is 12.3. The Labute approximate surface area is 124 Å². The van der Waals surface area contributed by atoms with Crippen LogP contribution in [0.5, 0.6) is 0 Å². The number of hydrogen-bond donors (Lipinski definition) is 0. The lowest BCUT2D eigenvalue weighted by Gasteiger charge is -2.30. The van der Waals surface area contributed by atoms with Crippen LogP contribution < -0.4 is 0 Å². The van der Waals surface area contributed by atoms with Crippen LogP contribution in [0.2, 0.25) is 0 Å². The zero-order valence-corrected chi connectivity index (χ0v) is 15.0. The van der Waals surface area contributed by atoms with Gasteiger partial charge in [0.25, 0.3) is 0 Å². The van der Waals surface area contributed by atoms with Crippen molar-refractivity contribution in [3.05, 3.63) is 0 Å². The summed E-state index contributed by atoms with van der Waals surface area (Å²) in [6.07, 6.45) is 20.1. The predicted molar refractivity (Wildman–Crippen MR) is 93.8 cm³/mol. The molecular weight excluding hydrogens is 266 g/mol. The lowest BCUT2D eigenvalue weighted by atomic mass is 10.0. The van der Waals surface area contributed by atoms with E-state index in [1.54, 1.807) is 44.4 Å². The second-order valence-electron chi connectivity index (χ2n) is 6.90. The largest absolute Gasteiger partial charge is 0.107 e. The van der Waals surface area contributed by atoms with Crippen LogP contribution in [0.25, 0.3) is 0 Å². The number of hydrogen-bond acceptors (Lipinski definition) is 0. The maximum Gasteiger partial charge on any atom is -0.0212 e. The summed E-state index contributed by atoms with van der Waals surface area (Å²) in [7, 11) is 0.727. The zero-order valence-electron chi connectivity index (χ0n) is 13.2. The first-order chi connectivity index (χ1) is 9.27. The molecule has 2 fully saturated rings. The normalized spacial score (nSPS) is 26.2. The number of rotatable bonds is 6. The van der Waals surface area contributed by atoms with Gasteiger partial charge in [0.2, 0.25) is 0 Å². The van der Waals surface area contributed by atoms with Gasteiger partial charge in [0, 0.05) is 0 Å². The highest BCUT2D eigenvalue weighted by molar-refractivity contribution is 7.58. The van der Waals surface area contributed by atoms with Gasteiger partial charge in [-0.25, -0.2) is 0 Å². The van der Waals surface area contributed by atoms with Crippen LogP contribution in [0, 0.1) is 0 Å². The molecular formula is C17H34P2. The minimum atomic E-state index is 0.364. The topological polar surface area (TPSA) is 0 Å². The van der Waals surface area contributed by atoms with Gasteiger partial charge in [0.05, 0.1) is 0 Å². The van der Waals surface area contributed by atoms with E-state index in [-0.39, 0.29) is 0 Å². The first-order valence-corrected chi connectivity index (χ1v) is 12.8. The summed E-state index contributed by atoms with van der Waals surface area (Å²) in [6.45, 7) is 5.20. The van der Waals surface area contributed by atoms with Gasteiger partial charge in [-0.1, -0.05) is 38.5 Å². The smallest absolute Gasteiger partial charge is 0.0212 e. The molecule has 2 heteroatoms. The molecule has 2 rings (SSSR count). The van der Waals surface area contributed by atoms with Crippen LogP contribution in [-0.2, 0) is 0 Å². The molecule has 0 aromatic carbocycles. The summed E-state index contributed by atoms with van der Waals surface area (Å²) in [6, 6.07) is 0. The van der Waals surface area contributed by atoms with Gasteiger partial charge in [-0.05, 0) is 69.1 Å². The monoisotopic (exact) mass is 300 g/mol. The molecule has 2 atom stereocenters. The lowest BCUT2D eigenvalue weighted by molar-refractivity contribution is 0.510. The standard InChI is InChI=1S/C17H34P2/c1-18(16-10-5-3-6-11-16)14-9-15-19(2)17-12-7-4-8-13-17/h16-17H,3-15H2,1-2H3. The Bertz CT molecular complexity index is 205. The van der Waals surface area contributed by atoms with E-state index in [4.69, 9.17) is 0 Å². The zero-order chi connectivity index (χ0) is 13.5. The van der Waals surface area contributed by atoms with Crippen LogP contribution >= 0.6 is 15.8 Å². The molecule has 0 N–H and O–H groups in total. The van der Waals surface area contributed by atoms with Crippen molar-refractivity contribution in [1.82, 2.24) is 0 Å². The highest BCUT2D eigenvalue weighted by atomic mass is 31.1. The van der Waals surface area contributed by atoms with Crippen LogP contribution in [0.1, 0.15) is 70.6 Å². The molecule has 0 amide bonds. The van der Waals surface area contributed by atoms with Crippen molar-refractivity contribution in [2.45, 2.75) is 81.9 Å². The summed E-state index contributed by atoms with van der Waals surface area (Å²) in [5.41, 5.74) is 2.28. The molecule has 0 saturated heterocycles. The first kappa shape index (κ1) is 16.2. The van der Waals surface area contributed by atoms with Gasteiger partial charge in [0.15, 0.2) is 0 Å². The van der Waals surface area contributed by atoms with Crippen molar-refractivity contribution in [3.8, 4) is 0 Å². The van der Waals surface area contributed by atoms with Gasteiger partial charge in [0.1, 0.15) is 0 Å². The van der Waals surface area contributed by atoms with Crippen LogP contribution in [-0.4, -0.2) is 37.0 Å². The van der Waals surface area contributed by atoms with Crippen molar-refractivity contribution >= 4 is 15.8 Å². The van der Waals surface area contributed by atoms with E-state index in [1.165, 1.54) is 38.5 Å². The Morgan fingerprint density at radius 2 is 1.00 bits per heavy atom. The quantitative estimate of drug-likeness (QED) is 0.507. The molecule has 2 saturated carbocycles. The minimum Gasteiger partial charge on any atom is -0.107 e. The van der Waals surface area contributed by atoms with E-state index in [1.807, 2.05) is 0 Å². The van der Waals surface area contributed by atoms with Crippen molar-refractivity contribution in [2.24, 2.45) is 0 Å². The Morgan fingerprint density at radius 3 is 1.37 bits per heavy atom. The third kappa shape index (κ3) is 5.63. The summed E-state index contributed by atoms with van der Waals surface area (Å²) >= 11 is 0. The molecule has 0 heterocycles. The fourth-order valence-corrected chi connectivity index (χ4v) is 8.77. The van der Waals surface area contributed by atoms with Gasteiger partial charge in [-0.15, -0.1) is 15.8 Å². The highest BCUT2D eigenvalue weighted by Crippen LogP contribution is 2.48. The Hall–Kier alpha value is 0.860. The van der Waals surface area contributed by atoms with Gasteiger partial charge >= 0.3 is 0 Å². The first-order valence-electron chi connectivity index (χ1n) is 8.68. The van der Waals surface area contributed by atoms with E-state index in [0.29, 0.717) is 15.8 Å². The van der Waals surface area contributed by atoms with Gasteiger partial charge < -0.3 is 0 Å². The molecule has 0 aromatic rings. The van der Waals surface area contributed by atoms with Crippen molar-refractivity contribution in [1.29, 1.82) is 0 Å². The maximum absolute atomic E-state index is 2.60.